The summed E-state index contributed by atoms with van der Waals surface area (Å²) in [5.74, 6) is 0. The summed E-state index contributed by atoms with van der Waals surface area (Å²) in [5.41, 5.74) is 0. The third kappa shape index (κ3) is 189. The van der Waals surface area contributed by atoms with Crippen LogP contribution in [0.2, 0.25) is 0 Å². The fourth-order valence-corrected chi connectivity index (χ4v) is 0. The summed E-state index contributed by atoms with van der Waals surface area (Å²) in [6.45, 7) is 0. The van der Waals surface area contributed by atoms with Crippen molar-refractivity contribution < 1.29 is 27.2 Å². The summed E-state index contributed by atoms with van der Waals surface area (Å²) < 4.78 is 0. The normalized spacial score (nSPS) is 4.80. The van der Waals surface area contributed by atoms with Crippen molar-refractivity contribution in [1.82, 2.24) is 6.15 Å². The second-order valence-corrected chi connectivity index (χ2v) is 0.447. The van der Waals surface area contributed by atoms with Gasteiger partial charge in [0.25, 0.3) is 0 Å². The molecule has 0 heterocycles. The zero-order chi connectivity index (χ0) is 7.15. The van der Waals surface area contributed by atoms with Crippen molar-refractivity contribution in [1.29, 1.82) is 0 Å². The summed E-state index contributed by atoms with van der Waals surface area (Å²) in [6.07, 6.45) is 0. The Morgan fingerprint density at radius 2 is 0.800 bits per heavy atom. The molecule has 10 heavy (non-hydrogen) atoms. The van der Waals surface area contributed by atoms with Gasteiger partial charge in [-0.05, 0) is 0 Å². The molecule has 0 amide bonds. The van der Waals surface area contributed by atoms with E-state index >= 15 is 0 Å². The third-order valence-corrected chi connectivity index (χ3v) is 0. The summed E-state index contributed by atoms with van der Waals surface area (Å²) in [6, 6.07) is 0. The molecule has 1 radical (unpaired) electrons. The average molecular weight is 196 g/mol. The van der Waals surface area contributed by atoms with Crippen molar-refractivity contribution in [2.24, 2.45) is 0 Å². The number of hydrogen-bond donors (Lipinski definition) is 1. The molecule has 0 aliphatic heterocycles. The molecule has 0 saturated heterocycles. The van der Waals surface area contributed by atoms with E-state index in [4.69, 9.17) is 30.6 Å². The number of nitrogens with zero attached hydrogens (tertiary/aromatic N) is 2. The maximum Gasteiger partial charge on any atom is 2.00 e. The SMILES string of the molecule is N.O=[N+]([O-])[O-].O=[N+]([O-])[O-].[Mn+2]. The molecule has 0 aromatic carbocycles. The van der Waals surface area contributed by atoms with Crippen molar-refractivity contribution in [2.45, 2.75) is 0 Å². The smallest absolute Gasteiger partial charge is 0.356 e. The molecule has 0 unspecified atom stereocenters. The molecule has 3 N–H and O–H groups in total. The monoisotopic (exact) mass is 196 g/mol. The predicted octanol–water partition coefficient (Wildman–Crippen LogP) is -0.319. The van der Waals surface area contributed by atoms with E-state index in [9.17, 15) is 0 Å². The standard InChI is InChI=1S/Mn.2NO3.H3N/c;2*2-1(3)4;/h;;;1H3/q+2;2*-1;. The van der Waals surface area contributed by atoms with E-state index in [1.807, 2.05) is 0 Å². The maximum atomic E-state index is 8.25. The van der Waals surface area contributed by atoms with Crippen LogP contribution < -0.4 is 6.15 Å². The van der Waals surface area contributed by atoms with Crippen LogP contribution in [0.3, 0.4) is 0 Å². The number of rotatable bonds is 0. The van der Waals surface area contributed by atoms with Gasteiger partial charge in [0.2, 0.25) is 0 Å². The second-order valence-electron chi connectivity index (χ2n) is 0.447. The van der Waals surface area contributed by atoms with Crippen LogP contribution in [0.1, 0.15) is 0 Å². The summed E-state index contributed by atoms with van der Waals surface area (Å²) >= 11 is 0. The predicted molar refractivity (Wildman–Crippen MR) is 25.7 cm³/mol. The van der Waals surface area contributed by atoms with Crippen molar-refractivity contribution >= 4 is 0 Å². The second kappa shape index (κ2) is 15.7. The molecule has 0 rings (SSSR count). The molecule has 0 aromatic rings. The van der Waals surface area contributed by atoms with Crippen LogP contribution in [0.5, 0.6) is 0 Å². The van der Waals surface area contributed by atoms with E-state index in [0.29, 0.717) is 0 Å². The molecule has 0 fully saturated rings. The Kier molecular flexibility index (Phi) is 36.3. The van der Waals surface area contributed by atoms with Crippen molar-refractivity contribution in [3.8, 4) is 0 Å². The Hall–Kier alpha value is -1.12. The molecule has 0 saturated carbocycles. The molecule has 0 bridgehead atoms. The van der Waals surface area contributed by atoms with E-state index in [0.717, 1.165) is 0 Å². The van der Waals surface area contributed by atoms with Crippen LogP contribution >= 0.6 is 0 Å². The van der Waals surface area contributed by atoms with E-state index < -0.39 is 10.2 Å². The first-order valence-corrected chi connectivity index (χ1v) is 1.10. The van der Waals surface area contributed by atoms with E-state index in [-0.39, 0.29) is 23.2 Å². The minimum atomic E-state index is -1.75. The summed E-state index contributed by atoms with van der Waals surface area (Å²) in [7, 11) is 0. The molecule has 10 heteroatoms. The van der Waals surface area contributed by atoms with Gasteiger partial charge in [0.15, 0.2) is 0 Å². The fraction of sp³-hybridized carbons (Fsp3) is 0. The topological polar surface area (TPSA) is 167 Å². The van der Waals surface area contributed by atoms with Crippen LogP contribution in [0, 0.1) is 30.6 Å². The van der Waals surface area contributed by atoms with Gasteiger partial charge in [0.05, 0.1) is 10.2 Å². The zero-order valence-corrected chi connectivity index (χ0v) is 5.61. The van der Waals surface area contributed by atoms with Gasteiger partial charge in [-0.3, -0.25) is 0 Å². The fourth-order valence-electron chi connectivity index (χ4n) is 0. The first-order valence-electron chi connectivity index (χ1n) is 1.10. The van der Waals surface area contributed by atoms with Crippen LogP contribution in [0.25, 0.3) is 0 Å². The zero-order valence-electron chi connectivity index (χ0n) is 4.43. The van der Waals surface area contributed by atoms with Crippen LogP contribution in [0.15, 0.2) is 0 Å². The van der Waals surface area contributed by atoms with Gasteiger partial charge in [0.1, 0.15) is 0 Å². The Morgan fingerprint density at radius 1 is 0.800 bits per heavy atom. The van der Waals surface area contributed by atoms with Gasteiger partial charge >= 0.3 is 17.1 Å². The number of hydrogen-bond acceptors (Lipinski definition) is 7. The quantitative estimate of drug-likeness (QED) is 0.314. The summed E-state index contributed by atoms with van der Waals surface area (Å²) in [4.78, 5) is 16.5. The molecule has 0 aliphatic carbocycles. The molecule has 0 aliphatic rings. The van der Waals surface area contributed by atoms with Crippen molar-refractivity contribution in [2.75, 3.05) is 0 Å². The maximum absolute atomic E-state index is 8.25. The Bertz CT molecular complexity index is 71.0. The molecular weight excluding hydrogens is 193 g/mol. The molecular formula is H3MnN3O6. The van der Waals surface area contributed by atoms with Crippen LogP contribution in [-0.4, -0.2) is 10.2 Å². The van der Waals surface area contributed by atoms with Crippen LogP contribution in [0.4, 0.5) is 0 Å². The minimum absolute atomic E-state index is 0. The Labute approximate surface area is 64.9 Å². The minimum Gasteiger partial charge on any atom is -0.356 e. The van der Waals surface area contributed by atoms with Gasteiger partial charge in [-0.1, -0.05) is 0 Å². The van der Waals surface area contributed by atoms with E-state index in [2.05, 4.69) is 0 Å². The van der Waals surface area contributed by atoms with Crippen molar-refractivity contribution in [3.05, 3.63) is 30.6 Å². The average Bonchev–Trinajstić information content (AvgIpc) is 1.25. The van der Waals surface area contributed by atoms with Gasteiger partial charge in [-0.2, -0.15) is 0 Å². The third-order valence-electron chi connectivity index (χ3n) is 0. The molecule has 61 valence electrons. The first-order chi connectivity index (χ1) is 3.46. The first kappa shape index (κ1) is 23.2. The van der Waals surface area contributed by atoms with E-state index in [1.54, 1.807) is 0 Å². The molecule has 9 nitrogen and oxygen atoms in total. The molecule has 0 aromatic heterocycles. The van der Waals surface area contributed by atoms with Crippen LogP contribution in [-0.2, 0) is 17.1 Å². The Balaban J connectivity index is -0.0000000300. The van der Waals surface area contributed by atoms with Gasteiger partial charge in [-0.25, -0.2) is 0 Å². The van der Waals surface area contributed by atoms with Crippen molar-refractivity contribution in [3.63, 3.8) is 0 Å². The molecule has 0 spiro atoms. The van der Waals surface area contributed by atoms with E-state index in [1.165, 1.54) is 0 Å². The van der Waals surface area contributed by atoms with Gasteiger partial charge in [-0.15, -0.1) is 0 Å². The summed E-state index contributed by atoms with van der Waals surface area (Å²) in [5, 5.41) is 29.5. The largest absolute Gasteiger partial charge is 2.00 e. The van der Waals surface area contributed by atoms with Gasteiger partial charge < -0.3 is 36.8 Å². The Morgan fingerprint density at radius 3 is 0.800 bits per heavy atom. The van der Waals surface area contributed by atoms with Gasteiger partial charge in [0, 0.05) is 0 Å². The molecule has 0 atom stereocenters.